The topological polar surface area (TPSA) is 107 Å². The van der Waals surface area contributed by atoms with Gasteiger partial charge in [-0.1, -0.05) is 13.8 Å². The van der Waals surface area contributed by atoms with E-state index in [4.69, 9.17) is 0 Å². The van der Waals surface area contributed by atoms with Crippen LogP contribution in [-0.2, 0) is 19.2 Å². The zero-order valence-electron chi connectivity index (χ0n) is 21.1. The van der Waals surface area contributed by atoms with Crippen molar-refractivity contribution in [2.75, 3.05) is 46.8 Å². The lowest BCUT2D eigenvalue weighted by Crippen LogP contribution is -3.00. The number of thioether (sulfide) groups is 1. The van der Waals surface area contributed by atoms with E-state index in [1.807, 2.05) is 18.7 Å². The number of piperazine rings is 1. The summed E-state index contributed by atoms with van der Waals surface area (Å²) < 4.78 is 0.923. The third-order valence-corrected chi connectivity index (χ3v) is 9.47. The number of nitrogens with one attached hydrogen (secondary N) is 1. The summed E-state index contributed by atoms with van der Waals surface area (Å²) in [5.41, 5.74) is 0.0876. The Labute approximate surface area is 228 Å². The van der Waals surface area contributed by atoms with Crippen LogP contribution in [0.15, 0.2) is 10.6 Å². The lowest BCUT2D eigenvalue weighted by molar-refractivity contribution is -0.894. The Kier molecular flexibility index (Phi) is 8.65. The van der Waals surface area contributed by atoms with Crippen LogP contribution in [-0.4, -0.2) is 107 Å². The van der Waals surface area contributed by atoms with Gasteiger partial charge in [0.25, 0.3) is 0 Å². The minimum atomic E-state index is -1.09. The van der Waals surface area contributed by atoms with Crippen molar-refractivity contribution >= 4 is 35.3 Å². The highest BCUT2D eigenvalue weighted by Gasteiger charge is 2.60. The van der Waals surface area contributed by atoms with Gasteiger partial charge in [0.2, 0.25) is 11.8 Å². The summed E-state index contributed by atoms with van der Waals surface area (Å²) in [6, 6.07) is -0.462. The number of aliphatic carboxylic acids is 1. The number of nitrogens with zero attached hydrogens (tertiary/aromatic N) is 3. The van der Waals surface area contributed by atoms with Crippen molar-refractivity contribution in [2.45, 2.75) is 50.9 Å². The molecular formula is C24H37IN4O5S. The number of rotatable bonds is 7. The maximum atomic E-state index is 13.1. The molecule has 0 unspecified atom stereocenters. The standard InChI is InChI=1S/C24H36N4O5S.HI/c1-13(10-14(2)29)18-19-15(3)21(20(24(32)33)27(19)23(18)31)34-16-11-17(25-12-16)22(30)26-6-8-28(4,5)9-7-26;/h13,15-19,25H,6-12H2,1-5H3;1H/t13-,15+,16-,17-,18+,19+;/m0./s1. The van der Waals surface area contributed by atoms with Crippen LogP contribution in [0.4, 0.5) is 0 Å². The number of fused-ring (bicyclic) bond motifs is 1. The molecule has 0 spiro atoms. The Balaban J connectivity index is 0.00000342. The van der Waals surface area contributed by atoms with Crippen LogP contribution >= 0.6 is 11.8 Å². The van der Waals surface area contributed by atoms with Gasteiger partial charge in [0.05, 0.1) is 58.3 Å². The molecule has 0 aliphatic carbocycles. The van der Waals surface area contributed by atoms with Crippen molar-refractivity contribution in [3.63, 3.8) is 0 Å². The third-order valence-electron chi connectivity index (χ3n) is 7.96. The van der Waals surface area contributed by atoms with Crippen LogP contribution in [0, 0.1) is 17.8 Å². The molecular weight excluding hydrogens is 583 g/mol. The fourth-order valence-electron chi connectivity index (χ4n) is 5.96. The molecule has 3 saturated heterocycles. The second kappa shape index (κ2) is 10.7. The summed E-state index contributed by atoms with van der Waals surface area (Å²) in [7, 11) is 4.36. The number of likely N-dealkylation sites (N-methyl/N-ethyl adjacent to an activating group) is 1. The number of quaternary nitrogens is 1. The minimum absolute atomic E-state index is 0. The first kappa shape index (κ1) is 28.4. The molecule has 9 nitrogen and oxygen atoms in total. The van der Waals surface area contributed by atoms with E-state index >= 15 is 0 Å². The van der Waals surface area contributed by atoms with Gasteiger partial charge in [0.1, 0.15) is 11.5 Å². The van der Waals surface area contributed by atoms with Gasteiger partial charge in [0, 0.05) is 29.0 Å². The van der Waals surface area contributed by atoms with E-state index in [0.29, 0.717) is 19.4 Å². The second-order valence-electron chi connectivity index (χ2n) is 11.1. The summed E-state index contributed by atoms with van der Waals surface area (Å²) >= 11 is 1.51. The number of hydrogen-bond acceptors (Lipinski definition) is 6. The van der Waals surface area contributed by atoms with Crippen molar-refractivity contribution in [2.24, 2.45) is 17.8 Å². The van der Waals surface area contributed by atoms with Gasteiger partial charge in [-0.3, -0.25) is 9.59 Å². The van der Waals surface area contributed by atoms with Gasteiger partial charge in [-0.2, -0.15) is 0 Å². The zero-order chi connectivity index (χ0) is 24.9. The van der Waals surface area contributed by atoms with Crippen LogP contribution in [0.25, 0.3) is 0 Å². The van der Waals surface area contributed by atoms with E-state index in [1.54, 1.807) is 0 Å². The van der Waals surface area contributed by atoms with E-state index in [-0.39, 0.29) is 82.4 Å². The van der Waals surface area contributed by atoms with Gasteiger partial charge in [-0.05, 0) is 19.3 Å². The van der Waals surface area contributed by atoms with Gasteiger partial charge in [0.15, 0.2) is 0 Å². The largest absolute Gasteiger partial charge is 1.00 e. The first-order chi connectivity index (χ1) is 15.9. The first-order valence-electron chi connectivity index (χ1n) is 12.2. The molecule has 2 amide bonds. The maximum Gasteiger partial charge on any atom is 0.353 e. The monoisotopic (exact) mass is 620 g/mol. The summed E-state index contributed by atoms with van der Waals surface area (Å²) in [6.07, 6.45) is 0.964. The lowest BCUT2D eigenvalue weighted by Gasteiger charge is -2.47. The fourth-order valence-corrected chi connectivity index (χ4v) is 7.43. The number of carboxylic acid groups (broad SMARTS) is 1. The Hall–Kier alpha value is -1.18. The van der Waals surface area contributed by atoms with Crippen LogP contribution in [0.2, 0.25) is 0 Å². The van der Waals surface area contributed by atoms with Gasteiger partial charge in [-0.25, -0.2) is 4.79 Å². The molecule has 35 heavy (non-hydrogen) atoms. The Morgan fingerprint density at radius 1 is 1.23 bits per heavy atom. The first-order valence-corrected chi connectivity index (χ1v) is 13.1. The van der Waals surface area contributed by atoms with Crippen LogP contribution < -0.4 is 29.3 Å². The van der Waals surface area contributed by atoms with Crippen molar-refractivity contribution in [1.82, 2.24) is 15.1 Å². The van der Waals surface area contributed by atoms with E-state index in [9.17, 15) is 24.3 Å². The summed E-state index contributed by atoms with van der Waals surface area (Å²) in [5, 5.41) is 13.4. The molecule has 196 valence electrons. The number of amides is 2. The summed E-state index contributed by atoms with van der Waals surface area (Å²) in [5.74, 6) is -1.66. The number of carboxylic acids is 1. The Morgan fingerprint density at radius 2 is 1.86 bits per heavy atom. The lowest BCUT2D eigenvalue weighted by atomic mass is 9.73. The molecule has 4 aliphatic rings. The average molecular weight is 621 g/mol. The second-order valence-corrected chi connectivity index (χ2v) is 12.4. The zero-order valence-corrected chi connectivity index (χ0v) is 24.1. The van der Waals surface area contributed by atoms with Crippen LogP contribution in [0.5, 0.6) is 0 Å². The molecule has 0 aromatic heterocycles. The molecule has 0 bridgehead atoms. The molecule has 4 aliphatic heterocycles. The number of carbonyl (C=O) groups is 4. The number of carbonyl (C=O) groups excluding carboxylic acids is 3. The molecule has 0 aromatic rings. The minimum Gasteiger partial charge on any atom is -1.00 e. The third kappa shape index (κ3) is 5.42. The van der Waals surface area contributed by atoms with Crippen molar-refractivity contribution in [1.29, 1.82) is 0 Å². The molecule has 2 N–H and O–H groups in total. The van der Waals surface area contributed by atoms with Gasteiger partial charge >= 0.3 is 5.97 Å². The predicted octanol–water partition coefficient (Wildman–Crippen LogP) is -2.24. The van der Waals surface area contributed by atoms with Crippen LogP contribution in [0.3, 0.4) is 0 Å². The highest BCUT2D eigenvalue weighted by molar-refractivity contribution is 8.03. The molecule has 0 radical (unpaired) electrons. The quantitative estimate of drug-likeness (QED) is 0.189. The van der Waals surface area contributed by atoms with Gasteiger partial charge < -0.3 is 53.5 Å². The highest BCUT2D eigenvalue weighted by Crippen LogP contribution is 2.53. The Bertz CT molecular complexity index is 931. The Morgan fingerprint density at radius 3 is 2.43 bits per heavy atom. The SMILES string of the molecule is CC(=O)C[C@H](C)[C@H]1C(=O)N2C(C(=O)O)=C(S[C@@H]3CN[C@H](C(=O)N4CC[N+](C)(C)CC4)C3)[C@H](C)[C@H]12.[I-]. The fraction of sp³-hybridized carbons (Fsp3) is 0.750. The number of hydrogen-bond donors (Lipinski definition) is 2. The highest BCUT2D eigenvalue weighted by atomic mass is 127. The van der Waals surface area contributed by atoms with E-state index < -0.39 is 5.97 Å². The van der Waals surface area contributed by atoms with E-state index in [2.05, 4.69) is 19.4 Å². The average Bonchev–Trinajstić information content (AvgIpc) is 3.29. The molecule has 4 heterocycles. The molecule has 6 atom stereocenters. The number of ketones is 1. The number of halogens is 1. The maximum absolute atomic E-state index is 13.1. The van der Waals surface area contributed by atoms with Crippen molar-refractivity contribution in [3.8, 4) is 0 Å². The van der Waals surface area contributed by atoms with Crippen molar-refractivity contribution in [3.05, 3.63) is 10.6 Å². The normalized spacial score (nSPS) is 32.6. The summed E-state index contributed by atoms with van der Waals surface area (Å²) in [4.78, 5) is 53.8. The van der Waals surface area contributed by atoms with Gasteiger partial charge in [-0.15, -0.1) is 11.8 Å². The summed E-state index contributed by atoms with van der Waals surface area (Å²) in [6.45, 7) is 9.42. The molecule has 0 saturated carbocycles. The van der Waals surface area contributed by atoms with E-state index in [1.165, 1.54) is 23.6 Å². The molecule has 0 aromatic carbocycles. The molecule has 4 rings (SSSR count). The number of Topliss-reactive ketones (excluding diaryl/α,β-unsaturated/α-hetero) is 1. The molecule has 11 heteroatoms. The number of β-lactam (4-membered cyclic amide) rings is 1. The molecule has 3 fully saturated rings. The smallest absolute Gasteiger partial charge is 0.353 e. The predicted molar refractivity (Wildman–Crippen MR) is 129 cm³/mol. The van der Waals surface area contributed by atoms with Crippen LogP contribution in [0.1, 0.15) is 33.6 Å². The van der Waals surface area contributed by atoms with Crippen molar-refractivity contribution < 1.29 is 52.7 Å². The van der Waals surface area contributed by atoms with E-state index in [0.717, 1.165) is 35.6 Å².